The van der Waals surface area contributed by atoms with Gasteiger partial charge in [-0.15, -0.1) is 0 Å². The standard InChI is InChI=1S/C22H15ClF4N4O2/c23-14-9-12(5-6-15(14)24)28-21(32)30-7-8-31(19-4-2-1-3-18(19)30)22(33)29-13-10-16(25)20(27)17(26)11-13/h1-6,9-11H,7-8H2,(H,28,32)(H,29,33). The highest BCUT2D eigenvalue weighted by molar-refractivity contribution is 6.31. The quantitative estimate of drug-likeness (QED) is 0.351. The molecule has 0 aromatic heterocycles. The summed E-state index contributed by atoms with van der Waals surface area (Å²) in [6.07, 6.45) is 0. The lowest BCUT2D eigenvalue weighted by Crippen LogP contribution is -2.49. The minimum absolute atomic E-state index is 0.0482. The molecule has 0 saturated heterocycles. The molecular formula is C22H15ClF4N4O2. The van der Waals surface area contributed by atoms with Crippen LogP contribution in [0.15, 0.2) is 54.6 Å². The van der Waals surface area contributed by atoms with Gasteiger partial charge < -0.3 is 10.6 Å². The van der Waals surface area contributed by atoms with E-state index in [-0.39, 0.29) is 29.5 Å². The minimum atomic E-state index is -1.64. The van der Waals surface area contributed by atoms with Crippen molar-refractivity contribution in [2.24, 2.45) is 0 Å². The monoisotopic (exact) mass is 478 g/mol. The largest absolute Gasteiger partial charge is 0.326 e. The third kappa shape index (κ3) is 4.56. The molecule has 0 saturated carbocycles. The molecule has 0 radical (unpaired) electrons. The van der Waals surface area contributed by atoms with Crippen LogP contribution in [-0.2, 0) is 0 Å². The third-order valence-electron chi connectivity index (χ3n) is 4.91. The molecule has 1 aliphatic rings. The third-order valence-corrected chi connectivity index (χ3v) is 5.20. The fraction of sp³-hybridized carbons (Fsp3) is 0.0909. The summed E-state index contributed by atoms with van der Waals surface area (Å²) in [5, 5.41) is 4.80. The Morgan fingerprint density at radius 2 is 1.24 bits per heavy atom. The van der Waals surface area contributed by atoms with Crippen molar-refractivity contribution in [2.75, 3.05) is 33.5 Å². The number of hydrogen-bond acceptors (Lipinski definition) is 2. The number of anilines is 4. The Hall–Kier alpha value is -3.79. The number of para-hydroxylation sites is 2. The molecule has 4 rings (SSSR count). The number of urea groups is 2. The lowest BCUT2D eigenvalue weighted by atomic mass is 10.1. The zero-order chi connectivity index (χ0) is 23.7. The molecule has 1 aliphatic heterocycles. The van der Waals surface area contributed by atoms with Crippen LogP contribution in [-0.4, -0.2) is 25.2 Å². The van der Waals surface area contributed by atoms with Gasteiger partial charge in [-0.3, -0.25) is 9.80 Å². The molecule has 3 aromatic rings. The summed E-state index contributed by atoms with van der Waals surface area (Å²) in [6.45, 7) is 0.129. The molecule has 0 fully saturated rings. The zero-order valence-corrected chi connectivity index (χ0v) is 17.5. The fourth-order valence-corrected chi connectivity index (χ4v) is 3.55. The minimum Gasteiger partial charge on any atom is -0.307 e. The average molecular weight is 479 g/mol. The smallest absolute Gasteiger partial charge is 0.307 e. The van der Waals surface area contributed by atoms with Gasteiger partial charge in [-0.25, -0.2) is 27.2 Å². The van der Waals surface area contributed by atoms with Crippen LogP contribution in [0.3, 0.4) is 0 Å². The molecule has 3 aromatic carbocycles. The number of benzene rings is 3. The fourth-order valence-electron chi connectivity index (χ4n) is 3.37. The number of carbonyl (C=O) groups is 2. The predicted octanol–water partition coefficient (Wildman–Crippen LogP) is 5.99. The number of carbonyl (C=O) groups excluding carboxylic acids is 2. The molecule has 1 heterocycles. The van der Waals surface area contributed by atoms with Gasteiger partial charge in [0.05, 0.1) is 16.4 Å². The van der Waals surface area contributed by atoms with Gasteiger partial charge in [-0.2, -0.15) is 0 Å². The van der Waals surface area contributed by atoms with Gasteiger partial charge >= 0.3 is 12.1 Å². The Kier molecular flexibility index (Phi) is 6.10. The number of rotatable bonds is 2. The van der Waals surface area contributed by atoms with Gasteiger partial charge in [0.15, 0.2) is 17.5 Å². The first-order valence-electron chi connectivity index (χ1n) is 9.60. The lowest BCUT2D eigenvalue weighted by Gasteiger charge is -2.36. The molecule has 0 unspecified atom stereocenters. The molecule has 0 aliphatic carbocycles. The van der Waals surface area contributed by atoms with E-state index in [1.54, 1.807) is 24.3 Å². The maximum Gasteiger partial charge on any atom is 0.326 e. The van der Waals surface area contributed by atoms with Gasteiger partial charge in [0.1, 0.15) is 5.82 Å². The molecule has 0 bridgehead atoms. The van der Waals surface area contributed by atoms with Crippen molar-refractivity contribution < 1.29 is 27.2 Å². The van der Waals surface area contributed by atoms with Crippen LogP contribution in [0.4, 0.5) is 49.9 Å². The van der Waals surface area contributed by atoms with E-state index in [1.807, 2.05) is 0 Å². The topological polar surface area (TPSA) is 64.7 Å². The Morgan fingerprint density at radius 1 is 0.727 bits per heavy atom. The zero-order valence-electron chi connectivity index (χ0n) is 16.7. The Bertz CT molecular complexity index is 1230. The van der Waals surface area contributed by atoms with Crippen LogP contribution in [0, 0.1) is 23.3 Å². The summed E-state index contributed by atoms with van der Waals surface area (Å²) in [5.74, 6) is -5.14. The van der Waals surface area contributed by atoms with E-state index in [1.165, 1.54) is 21.9 Å². The highest BCUT2D eigenvalue weighted by Crippen LogP contribution is 2.34. The van der Waals surface area contributed by atoms with E-state index in [0.29, 0.717) is 23.5 Å². The molecule has 2 N–H and O–H groups in total. The lowest BCUT2D eigenvalue weighted by molar-refractivity contribution is 0.253. The first kappa shape index (κ1) is 22.4. The number of amides is 4. The second-order valence-corrected chi connectivity index (χ2v) is 7.44. The summed E-state index contributed by atoms with van der Waals surface area (Å²) in [6, 6.07) is 10.3. The normalized spacial score (nSPS) is 12.9. The van der Waals surface area contributed by atoms with Crippen LogP contribution in [0.1, 0.15) is 0 Å². The van der Waals surface area contributed by atoms with E-state index < -0.39 is 35.3 Å². The molecule has 33 heavy (non-hydrogen) atoms. The van der Waals surface area contributed by atoms with Crippen molar-refractivity contribution in [2.45, 2.75) is 0 Å². The number of fused-ring (bicyclic) bond motifs is 1. The van der Waals surface area contributed by atoms with Gasteiger partial charge in [-0.05, 0) is 30.3 Å². The second-order valence-electron chi connectivity index (χ2n) is 7.04. The summed E-state index contributed by atoms with van der Waals surface area (Å²) in [5.41, 5.74) is 0.768. The predicted molar refractivity (Wildman–Crippen MR) is 117 cm³/mol. The number of nitrogens with one attached hydrogen (secondary N) is 2. The second kappa shape index (κ2) is 8.99. The van der Waals surface area contributed by atoms with Crippen molar-refractivity contribution in [3.05, 3.63) is 82.9 Å². The van der Waals surface area contributed by atoms with E-state index in [2.05, 4.69) is 10.6 Å². The summed E-state index contributed by atoms with van der Waals surface area (Å²) in [7, 11) is 0. The summed E-state index contributed by atoms with van der Waals surface area (Å²) < 4.78 is 53.5. The van der Waals surface area contributed by atoms with E-state index in [4.69, 9.17) is 11.6 Å². The highest BCUT2D eigenvalue weighted by Gasteiger charge is 2.30. The van der Waals surface area contributed by atoms with Crippen molar-refractivity contribution >= 4 is 46.4 Å². The van der Waals surface area contributed by atoms with Crippen molar-refractivity contribution in [3.63, 3.8) is 0 Å². The molecule has 0 atom stereocenters. The Labute approximate surface area is 190 Å². The van der Waals surface area contributed by atoms with Crippen molar-refractivity contribution in [1.82, 2.24) is 0 Å². The van der Waals surface area contributed by atoms with E-state index in [0.717, 1.165) is 6.07 Å². The van der Waals surface area contributed by atoms with Gasteiger partial charge in [0.2, 0.25) is 0 Å². The van der Waals surface area contributed by atoms with Crippen molar-refractivity contribution in [1.29, 1.82) is 0 Å². The SMILES string of the molecule is O=C(Nc1cc(F)c(F)c(F)c1)N1CCN(C(=O)Nc2ccc(F)c(Cl)c2)c2ccccc21. The molecule has 4 amide bonds. The van der Waals surface area contributed by atoms with Gasteiger partial charge in [-0.1, -0.05) is 23.7 Å². The highest BCUT2D eigenvalue weighted by atomic mass is 35.5. The Morgan fingerprint density at radius 3 is 1.76 bits per heavy atom. The maximum absolute atomic E-state index is 13.5. The van der Waals surface area contributed by atoms with Crippen LogP contribution in [0.25, 0.3) is 0 Å². The molecule has 170 valence electrons. The van der Waals surface area contributed by atoms with E-state index >= 15 is 0 Å². The number of nitrogens with zero attached hydrogens (tertiary/aromatic N) is 2. The first-order valence-corrected chi connectivity index (χ1v) is 9.98. The molecule has 6 nitrogen and oxygen atoms in total. The average Bonchev–Trinajstić information content (AvgIpc) is 2.79. The molecular weight excluding hydrogens is 464 g/mol. The van der Waals surface area contributed by atoms with Gasteiger partial charge in [0, 0.05) is 36.6 Å². The van der Waals surface area contributed by atoms with E-state index in [9.17, 15) is 27.2 Å². The molecule has 11 heteroatoms. The summed E-state index contributed by atoms with van der Waals surface area (Å²) in [4.78, 5) is 28.3. The molecule has 0 spiro atoms. The maximum atomic E-state index is 13.5. The number of halogens is 5. The Balaban J connectivity index is 1.55. The first-order chi connectivity index (χ1) is 15.7. The van der Waals surface area contributed by atoms with Crippen LogP contribution < -0.4 is 20.4 Å². The van der Waals surface area contributed by atoms with Gasteiger partial charge in [0.25, 0.3) is 0 Å². The van der Waals surface area contributed by atoms with Crippen molar-refractivity contribution in [3.8, 4) is 0 Å². The summed E-state index contributed by atoms with van der Waals surface area (Å²) >= 11 is 5.75. The van der Waals surface area contributed by atoms with Crippen LogP contribution >= 0.6 is 11.6 Å². The van der Waals surface area contributed by atoms with Crippen LogP contribution in [0.2, 0.25) is 5.02 Å². The number of hydrogen-bond donors (Lipinski definition) is 2. The van der Waals surface area contributed by atoms with Crippen LogP contribution in [0.5, 0.6) is 0 Å².